The van der Waals surface area contributed by atoms with E-state index in [0.717, 1.165) is 37.6 Å². The van der Waals surface area contributed by atoms with Gasteiger partial charge in [0.25, 0.3) is 0 Å². The summed E-state index contributed by atoms with van der Waals surface area (Å²) in [6, 6.07) is 34.6. The summed E-state index contributed by atoms with van der Waals surface area (Å²) in [6.07, 6.45) is 5.74. The number of rotatable bonds is 12. The minimum absolute atomic E-state index is 0.0185. The normalized spacial score (nSPS) is 13.2. The van der Waals surface area contributed by atoms with Crippen LogP contribution in [0.1, 0.15) is 71.6 Å². The minimum atomic E-state index is -2.11. The number of aliphatic hydroxyl groups is 1. The number of hydrogen-bond acceptors (Lipinski definition) is 7. The minimum Gasteiger partial charge on any atom is -0.459 e. The van der Waals surface area contributed by atoms with E-state index < -0.39 is 41.0 Å². The van der Waals surface area contributed by atoms with Crippen molar-refractivity contribution in [2.45, 2.75) is 122 Å². The van der Waals surface area contributed by atoms with E-state index in [1.807, 2.05) is 121 Å². The Labute approximate surface area is 396 Å². The lowest BCUT2D eigenvalue weighted by Crippen LogP contribution is -2.47. The number of hydrogen-bond donors (Lipinski definition) is 1. The van der Waals surface area contributed by atoms with E-state index in [-0.39, 0.29) is 30.6 Å². The van der Waals surface area contributed by atoms with Crippen LogP contribution in [0.2, 0.25) is 36.3 Å². The average molecular weight is 1040 g/mol. The second-order valence-electron chi connectivity index (χ2n) is 17.4. The van der Waals surface area contributed by atoms with E-state index in [1.54, 1.807) is 6.20 Å². The molecule has 0 aromatic heterocycles. The summed E-state index contributed by atoms with van der Waals surface area (Å²) in [4.78, 5) is 28.3. The lowest BCUT2D eigenvalue weighted by molar-refractivity contribution is -0.155. The van der Waals surface area contributed by atoms with Gasteiger partial charge < -0.3 is 19.0 Å². The van der Waals surface area contributed by atoms with Gasteiger partial charge in [-0.25, -0.2) is 9.59 Å². The zero-order valence-electron chi connectivity index (χ0n) is 39.0. The van der Waals surface area contributed by atoms with Gasteiger partial charge in [-0.1, -0.05) is 178 Å². The van der Waals surface area contributed by atoms with Crippen LogP contribution in [-0.2, 0) is 49.5 Å². The molecule has 0 saturated heterocycles. The zero-order chi connectivity index (χ0) is 47.7. The number of alkyl halides is 1. The summed E-state index contributed by atoms with van der Waals surface area (Å²) in [5.41, 5.74) is 3.81. The molecule has 0 bridgehead atoms. The van der Waals surface area contributed by atoms with Gasteiger partial charge in [-0.2, -0.15) is 11.1 Å². The van der Waals surface area contributed by atoms with Gasteiger partial charge in [0.1, 0.15) is 19.3 Å². The molecule has 7 nitrogen and oxygen atoms in total. The fourth-order valence-corrected chi connectivity index (χ4v) is 6.19. The molecule has 4 aromatic carbocycles. The monoisotopic (exact) mass is 1030 g/mol. The molecule has 1 N–H and O–H groups in total. The Morgan fingerprint density at radius 3 is 1.47 bits per heavy atom. The third kappa shape index (κ3) is 23.4. The van der Waals surface area contributed by atoms with Crippen molar-refractivity contribution in [3.05, 3.63) is 153 Å². The Hall–Kier alpha value is -3.24. The summed E-state index contributed by atoms with van der Waals surface area (Å²) < 4.78 is 34.6. The molecule has 0 aliphatic carbocycles. The van der Waals surface area contributed by atoms with Crippen LogP contribution in [0.4, 0.5) is 4.39 Å². The van der Waals surface area contributed by atoms with Crippen molar-refractivity contribution in [2.75, 3.05) is 7.15 Å². The van der Waals surface area contributed by atoms with E-state index in [1.165, 1.54) is 0 Å². The molecular weight excluding hydrogens is 969 g/mol. The van der Waals surface area contributed by atoms with Gasteiger partial charge in [-0.3, -0.25) is 9.38 Å². The molecule has 1 aliphatic rings. The molecule has 0 saturated carbocycles. The largest absolute Gasteiger partial charge is 0.459 e. The van der Waals surface area contributed by atoms with E-state index >= 15 is 0 Å². The molecule has 0 amide bonds. The SMILES string of the molecule is C1=CN=CC1.CC(C)(C)[Si](C)(C)Cl.CC(C)(C)[Si](C)(C)O[C@H](Cc1ccc(Br)cc1)C(=O)OCc1ccccc1.O=C(OCc1ccccc1)[C@H](O)Cc1ccc(Br)cc1.[2H]CF. The molecular formula is C49H67Br2ClFNO6Si2. The number of benzene rings is 4. The van der Waals surface area contributed by atoms with Gasteiger partial charge in [0.05, 0.1) is 8.52 Å². The highest BCUT2D eigenvalue weighted by molar-refractivity contribution is 9.10. The number of carbonyl (C=O) groups excluding carboxylic acids is 2. The van der Waals surface area contributed by atoms with Crippen molar-refractivity contribution >= 4 is 76.8 Å². The molecule has 340 valence electrons. The Morgan fingerprint density at radius 1 is 0.726 bits per heavy atom. The van der Waals surface area contributed by atoms with Crippen molar-refractivity contribution in [3.63, 3.8) is 0 Å². The first kappa shape index (κ1) is 54.9. The van der Waals surface area contributed by atoms with Crippen LogP contribution in [0.15, 0.2) is 135 Å². The average Bonchev–Trinajstić information content (AvgIpc) is 3.82. The molecule has 13 heteroatoms. The summed E-state index contributed by atoms with van der Waals surface area (Å²) in [5.74, 6) is -0.900. The highest BCUT2D eigenvalue weighted by Gasteiger charge is 2.41. The van der Waals surface area contributed by atoms with Crippen LogP contribution in [0.3, 0.4) is 0 Å². The van der Waals surface area contributed by atoms with Gasteiger partial charge in [0.2, 0.25) is 0 Å². The molecule has 0 unspecified atom stereocenters. The fourth-order valence-electron chi connectivity index (χ4n) is 4.42. The maximum Gasteiger partial charge on any atom is 0.335 e. The summed E-state index contributed by atoms with van der Waals surface area (Å²) in [7, 11) is -4.50. The Kier molecular flexibility index (Phi) is 25.3. The number of allylic oxidation sites excluding steroid dienone is 1. The Balaban J connectivity index is 0.000000477. The molecule has 2 atom stereocenters. The van der Waals surface area contributed by atoms with Crippen molar-refractivity contribution in [1.29, 1.82) is 0 Å². The first-order valence-electron chi connectivity index (χ1n) is 21.1. The summed E-state index contributed by atoms with van der Waals surface area (Å²) in [6.45, 7) is 22.2. The third-order valence-corrected chi connectivity index (χ3v) is 21.0. The molecule has 5 rings (SSSR count). The Morgan fingerprint density at radius 2 is 1.13 bits per heavy atom. The predicted molar refractivity (Wildman–Crippen MR) is 269 cm³/mol. The molecule has 0 radical (unpaired) electrons. The van der Waals surface area contributed by atoms with Crippen molar-refractivity contribution in [1.82, 2.24) is 0 Å². The van der Waals surface area contributed by atoms with Crippen molar-refractivity contribution in [2.24, 2.45) is 4.99 Å². The lowest BCUT2D eigenvalue weighted by Gasteiger charge is -2.38. The number of esters is 2. The summed E-state index contributed by atoms with van der Waals surface area (Å²) >= 11 is 12.9. The van der Waals surface area contributed by atoms with Gasteiger partial charge in [-0.15, -0.1) is 0 Å². The second kappa shape index (κ2) is 28.5. The van der Waals surface area contributed by atoms with E-state index in [9.17, 15) is 19.1 Å². The number of halogens is 4. The van der Waals surface area contributed by atoms with Crippen LogP contribution in [0, 0.1) is 0 Å². The van der Waals surface area contributed by atoms with Crippen molar-refractivity contribution < 1.29 is 34.4 Å². The van der Waals surface area contributed by atoms with E-state index in [0.29, 0.717) is 11.5 Å². The number of nitrogens with zero attached hydrogens (tertiary/aromatic N) is 1. The van der Waals surface area contributed by atoms with Crippen LogP contribution in [0.5, 0.6) is 0 Å². The molecule has 1 aliphatic heterocycles. The highest BCUT2D eigenvalue weighted by Crippen LogP contribution is 2.39. The number of carbonyl (C=O) groups is 2. The molecule has 1 heterocycles. The van der Waals surface area contributed by atoms with Gasteiger partial charge in [-0.05, 0) is 69.7 Å². The highest BCUT2D eigenvalue weighted by atomic mass is 79.9. The Bertz CT molecular complexity index is 1920. The van der Waals surface area contributed by atoms with Crippen molar-refractivity contribution in [3.8, 4) is 0 Å². The predicted octanol–water partition coefficient (Wildman–Crippen LogP) is 14.0. The molecule has 0 spiro atoms. The first-order valence-corrected chi connectivity index (χ1v) is 28.9. The van der Waals surface area contributed by atoms with E-state index in [2.05, 4.69) is 105 Å². The van der Waals surface area contributed by atoms with Crippen LogP contribution in [-0.4, -0.2) is 58.3 Å². The van der Waals surface area contributed by atoms with Gasteiger partial charge >= 0.3 is 11.9 Å². The molecule has 0 fully saturated rings. The fraction of sp³-hybridized carbons (Fsp3) is 0.408. The van der Waals surface area contributed by atoms with Gasteiger partial charge in [0, 0.05) is 40.6 Å². The quantitative estimate of drug-likeness (QED) is 0.0863. The standard InChI is InChI=1S/C22H29BrO3Si.C16H15BrO3.C6H15ClSi.C4H5N.CH3F/c1-22(2,3)27(4,5)26-20(15-17-11-13-19(23)14-12-17)21(24)25-16-18-9-7-6-8-10-18;17-14-8-6-12(7-9-14)10-15(18)16(19)20-11-13-4-2-1-3-5-13;1-6(2,3)8(4,5)7;1-2-4-5-3-1;1-2/h6-14,20H,15-16H2,1-5H3;1-9,15,18H,10-11H2;1-5H3;1,3-4H,2H2;1H3/t20-;15-;;;/m11.../s1/i;;;;1D. The molecule has 62 heavy (non-hydrogen) atoms. The van der Waals surface area contributed by atoms with Crippen LogP contribution < -0.4 is 0 Å². The topological polar surface area (TPSA) is 94.4 Å². The number of aliphatic hydroxyl groups excluding tert-OH is 1. The number of aliphatic imine (C=N–C) groups is 1. The smallest absolute Gasteiger partial charge is 0.335 e. The first-order chi connectivity index (χ1) is 29.4. The molecule has 4 aromatic rings. The van der Waals surface area contributed by atoms with E-state index in [4.69, 9.17) is 26.3 Å². The second-order valence-corrected chi connectivity index (χ2v) is 31.3. The maximum absolute atomic E-state index is 12.9. The number of ether oxygens (including phenoxy) is 2. The zero-order valence-corrected chi connectivity index (χ0v) is 43.9. The lowest BCUT2D eigenvalue weighted by atomic mass is 10.1. The third-order valence-electron chi connectivity index (χ3n) is 10.2. The van der Waals surface area contributed by atoms with Crippen LogP contribution in [0.25, 0.3) is 0 Å². The van der Waals surface area contributed by atoms with Gasteiger partial charge in [0.15, 0.2) is 21.8 Å². The maximum atomic E-state index is 12.9. The summed E-state index contributed by atoms with van der Waals surface area (Å²) in [5, 5.41) is 10.2. The van der Waals surface area contributed by atoms with Crippen LogP contribution >= 0.6 is 42.9 Å².